The van der Waals surface area contributed by atoms with Crippen LogP contribution in [-0.4, -0.2) is 15.0 Å². The zero-order valence-electron chi connectivity index (χ0n) is 7.73. The number of hydrogen-bond donors (Lipinski definition) is 1. The van der Waals surface area contributed by atoms with Crippen LogP contribution in [0.2, 0.25) is 0 Å². The Kier molecular flexibility index (Phi) is 5.58. The Morgan fingerprint density at radius 1 is 1.23 bits per heavy atom. The second-order valence-corrected chi connectivity index (χ2v) is 2.16. The van der Waals surface area contributed by atoms with Crippen LogP contribution in [-0.2, 0) is 0 Å². The average molecular weight is 200 g/mol. The van der Waals surface area contributed by atoms with Crippen molar-refractivity contribution in [3.8, 4) is 0 Å². The molecule has 0 aliphatic carbocycles. The minimum atomic E-state index is 0. The van der Waals surface area contributed by atoms with E-state index < -0.39 is 0 Å². The number of hydrogen-bond acceptors (Lipinski definition) is 4. The topological polar surface area (TPSA) is 64.7 Å². The van der Waals surface area contributed by atoms with Gasteiger partial charge in [-0.2, -0.15) is 0 Å². The number of anilines is 1. The molecule has 0 aliphatic heterocycles. The normalized spacial score (nSPS) is 8.62. The predicted octanol–water partition coefficient (Wildman–Crippen LogP) is -1.94. The number of nitrogens with zero attached hydrogens (tertiary/aromatic N) is 3. The van der Waals surface area contributed by atoms with E-state index in [0.717, 1.165) is 5.39 Å². The van der Waals surface area contributed by atoms with Crippen molar-refractivity contribution in [1.82, 2.24) is 15.0 Å². The fourth-order valence-corrected chi connectivity index (χ4v) is 0.935. The summed E-state index contributed by atoms with van der Waals surface area (Å²) in [6, 6.07) is 1.83. The second-order valence-electron chi connectivity index (χ2n) is 2.16. The summed E-state index contributed by atoms with van der Waals surface area (Å²) in [5.41, 5.74) is 6.27. The van der Waals surface area contributed by atoms with E-state index >= 15 is 0 Å². The molecule has 0 fully saturated rings. The fraction of sp³-hybridized carbons (Fsp3) is 0. The molecule has 0 radical (unpaired) electrons. The van der Waals surface area contributed by atoms with Crippen LogP contribution in [0.5, 0.6) is 0 Å². The first-order chi connectivity index (χ1) is 5.38. The molecule has 13 heavy (non-hydrogen) atoms. The minimum absolute atomic E-state index is 0. The van der Waals surface area contributed by atoms with Crippen molar-refractivity contribution in [3.63, 3.8) is 0 Å². The average Bonchev–Trinajstić information content (AvgIpc) is 2.06. The van der Waals surface area contributed by atoms with Gasteiger partial charge in [0.1, 0.15) is 17.7 Å². The van der Waals surface area contributed by atoms with Crippen molar-refractivity contribution in [1.29, 1.82) is 0 Å². The van der Waals surface area contributed by atoms with Crippen LogP contribution in [0.15, 0.2) is 24.8 Å². The number of pyridine rings is 1. The van der Waals surface area contributed by atoms with Gasteiger partial charge >= 0.3 is 51.4 Å². The van der Waals surface area contributed by atoms with Gasteiger partial charge in [-0.25, -0.2) is 15.0 Å². The molecule has 0 saturated carbocycles. The molecule has 0 amide bonds. The number of rotatable bonds is 0. The van der Waals surface area contributed by atoms with Gasteiger partial charge in [0.05, 0.1) is 0 Å². The summed E-state index contributed by atoms with van der Waals surface area (Å²) < 4.78 is 0. The van der Waals surface area contributed by atoms with Gasteiger partial charge in [0.2, 0.25) is 0 Å². The molecule has 5 heteroatoms. The molecule has 2 N–H and O–H groups in total. The maximum atomic E-state index is 5.55. The van der Waals surface area contributed by atoms with Crippen LogP contribution in [0.4, 0.5) is 5.82 Å². The van der Waals surface area contributed by atoms with Crippen LogP contribution in [0.3, 0.4) is 0 Å². The quantitative estimate of drug-likeness (QED) is 0.397. The summed E-state index contributed by atoms with van der Waals surface area (Å²) >= 11 is 0. The van der Waals surface area contributed by atoms with Gasteiger partial charge in [-0.3, -0.25) is 0 Å². The van der Waals surface area contributed by atoms with Crippen LogP contribution < -0.4 is 57.1 Å². The van der Waals surface area contributed by atoms with Crippen LogP contribution >= 0.6 is 0 Å². The van der Waals surface area contributed by atoms with Crippen molar-refractivity contribution in [2.75, 3.05) is 5.73 Å². The van der Waals surface area contributed by atoms with Crippen LogP contribution in [0.1, 0.15) is 0 Å². The molecular weight excluding hydrogens is 191 g/mol. The third kappa shape index (κ3) is 2.68. The van der Waals surface area contributed by atoms with Crippen molar-refractivity contribution in [2.24, 2.45) is 0 Å². The molecule has 0 spiro atoms. The number of fused-ring (bicyclic) bond motifs is 1. The fourth-order valence-electron chi connectivity index (χ4n) is 0.935. The zero-order chi connectivity index (χ0) is 7.68. The Morgan fingerprint density at radius 2 is 2.00 bits per heavy atom. The van der Waals surface area contributed by atoms with Crippen molar-refractivity contribution in [3.05, 3.63) is 32.2 Å². The Labute approximate surface area is 119 Å². The molecular formula is C8H9KN4. The van der Waals surface area contributed by atoms with E-state index in [4.69, 9.17) is 5.73 Å². The Balaban J connectivity index is 0.000000720. The SMILES string of the molecule is Nc1nccc2cncnc12.[CH3-].[K+]. The zero-order valence-corrected chi connectivity index (χ0v) is 10.9. The number of nitrogens with two attached hydrogens (primary N) is 1. The van der Waals surface area contributed by atoms with Gasteiger partial charge in [-0.1, -0.05) is 0 Å². The molecule has 2 rings (SSSR count). The first-order valence-electron chi connectivity index (χ1n) is 3.18. The maximum Gasteiger partial charge on any atom is 1.00 e. The van der Waals surface area contributed by atoms with Crippen LogP contribution in [0, 0.1) is 7.43 Å². The largest absolute Gasteiger partial charge is 1.00 e. The maximum absolute atomic E-state index is 5.55. The summed E-state index contributed by atoms with van der Waals surface area (Å²) in [5, 5.41) is 0.917. The molecule has 2 aromatic rings. The van der Waals surface area contributed by atoms with E-state index in [9.17, 15) is 0 Å². The van der Waals surface area contributed by atoms with E-state index in [0.29, 0.717) is 11.3 Å². The molecule has 4 nitrogen and oxygen atoms in total. The molecule has 0 bridgehead atoms. The summed E-state index contributed by atoms with van der Waals surface area (Å²) in [6.07, 6.45) is 4.81. The molecule has 0 unspecified atom stereocenters. The number of nitrogen functional groups attached to an aromatic ring is 1. The standard InChI is InChI=1S/C7H6N4.CH3.K/c8-7-6-5(1-2-10-7)3-9-4-11-6;;/h1-4H,(H2,8,10);1H3;/q;-1;+1. The van der Waals surface area contributed by atoms with E-state index in [1.807, 2.05) is 6.07 Å². The van der Waals surface area contributed by atoms with Gasteiger partial charge in [-0.15, -0.1) is 0 Å². The molecule has 0 aromatic carbocycles. The Hall–Kier alpha value is -0.0736. The smallest absolute Gasteiger partial charge is 0.382 e. The predicted molar refractivity (Wildman–Crippen MR) is 48.2 cm³/mol. The summed E-state index contributed by atoms with van der Waals surface area (Å²) in [4.78, 5) is 11.7. The second kappa shape index (κ2) is 5.61. The first-order valence-corrected chi connectivity index (χ1v) is 3.18. The summed E-state index contributed by atoms with van der Waals surface area (Å²) in [6.45, 7) is 0. The molecule has 0 aliphatic rings. The number of aromatic nitrogens is 3. The summed E-state index contributed by atoms with van der Waals surface area (Å²) in [7, 11) is 0. The van der Waals surface area contributed by atoms with E-state index in [1.54, 1.807) is 12.4 Å². The Morgan fingerprint density at radius 3 is 2.69 bits per heavy atom. The van der Waals surface area contributed by atoms with Gasteiger partial charge in [-0.05, 0) is 6.07 Å². The van der Waals surface area contributed by atoms with Gasteiger partial charge < -0.3 is 13.2 Å². The molecule has 2 aromatic heterocycles. The van der Waals surface area contributed by atoms with Crippen molar-refractivity contribution < 1.29 is 51.4 Å². The van der Waals surface area contributed by atoms with E-state index in [1.165, 1.54) is 6.33 Å². The third-order valence-electron chi connectivity index (χ3n) is 1.45. The minimum Gasteiger partial charge on any atom is -0.382 e. The van der Waals surface area contributed by atoms with E-state index in [-0.39, 0.29) is 58.8 Å². The summed E-state index contributed by atoms with van der Waals surface area (Å²) in [5.74, 6) is 0.449. The molecule has 62 valence electrons. The molecule has 2 heterocycles. The van der Waals surface area contributed by atoms with E-state index in [2.05, 4.69) is 15.0 Å². The van der Waals surface area contributed by atoms with Gasteiger partial charge in [0, 0.05) is 17.8 Å². The third-order valence-corrected chi connectivity index (χ3v) is 1.45. The van der Waals surface area contributed by atoms with Gasteiger partial charge in [0.15, 0.2) is 0 Å². The van der Waals surface area contributed by atoms with Crippen LogP contribution in [0.25, 0.3) is 10.9 Å². The Bertz CT molecular complexity index is 385. The molecule has 0 atom stereocenters. The van der Waals surface area contributed by atoms with Gasteiger partial charge in [0.25, 0.3) is 0 Å². The van der Waals surface area contributed by atoms with Crippen molar-refractivity contribution in [2.45, 2.75) is 0 Å². The molecule has 0 saturated heterocycles. The van der Waals surface area contributed by atoms with Crippen molar-refractivity contribution >= 4 is 16.7 Å². The first kappa shape index (κ1) is 12.9. The monoisotopic (exact) mass is 200 g/mol.